The molecule has 3 aromatic heterocycles. The van der Waals surface area contributed by atoms with Crippen molar-refractivity contribution in [1.29, 1.82) is 0 Å². The molecule has 1 aliphatic rings. The van der Waals surface area contributed by atoms with E-state index >= 15 is 0 Å². The fraction of sp³-hybridized carbons (Fsp3) is 0.280. The second-order valence-electron chi connectivity index (χ2n) is 7.90. The molecule has 4 heterocycles. The SMILES string of the molecule is [2H]C([2H])([2H])Oc1ccc(NC(=O)c2n[nH]c3ccc(-c4cncc(C([2H])([2H])N5CCCCC5)c4)cc23)cn1. The third-order valence-electron chi connectivity index (χ3n) is 5.59. The van der Waals surface area contributed by atoms with Crippen molar-refractivity contribution < 1.29 is 16.4 Å². The summed E-state index contributed by atoms with van der Waals surface area (Å²) in [6, 6.07) is 10.1. The molecule has 5 rings (SSSR count). The molecule has 1 amide bonds. The molecular formula is C25H26N6O2. The summed E-state index contributed by atoms with van der Waals surface area (Å²) in [5, 5.41) is 10.3. The van der Waals surface area contributed by atoms with Gasteiger partial charge in [0.2, 0.25) is 5.88 Å². The largest absolute Gasteiger partial charge is 0.481 e. The van der Waals surface area contributed by atoms with E-state index in [9.17, 15) is 4.79 Å². The maximum atomic E-state index is 13.0. The Kier molecular flexibility index (Phi) is 4.53. The van der Waals surface area contributed by atoms with E-state index in [-0.39, 0.29) is 11.6 Å². The molecule has 0 aliphatic carbocycles. The molecule has 0 unspecified atom stereocenters. The van der Waals surface area contributed by atoms with Crippen molar-refractivity contribution in [2.24, 2.45) is 0 Å². The summed E-state index contributed by atoms with van der Waals surface area (Å²) >= 11 is 0. The Morgan fingerprint density at radius 2 is 2.06 bits per heavy atom. The summed E-state index contributed by atoms with van der Waals surface area (Å²) in [5.74, 6) is -0.564. The number of anilines is 1. The zero-order chi connectivity index (χ0) is 26.9. The molecule has 0 saturated carbocycles. The minimum atomic E-state index is -2.62. The molecule has 168 valence electrons. The van der Waals surface area contributed by atoms with Crippen LogP contribution in [-0.2, 0) is 6.50 Å². The summed E-state index contributed by atoms with van der Waals surface area (Å²) < 4.78 is 43.6. The van der Waals surface area contributed by atoms with Gasteiger partial charge >= 0.3 is 0 Å². The summed E-state index contributed by atoms with van der Waals surface area (Å²) in [6.07, 6.45) is 7.61. The lowest BCUT2D eigenvalue weighted by atomic mass is 10.0. The van der Waals surface area contributed by atoms with Crippen LogP contribution in [-0.4, -0.2) is 51.1 Å². The first-order valence-corrected chi connectivity index (χ1v) is 10.8. The number of benzene rings is 1. The Morgan fingerprint density at radius 1 is 1.15 bits per heavy atom. The first kappa shape index (κ1) is 15.9. The number of piperidine rings is 1. The first-order valence-electron chi connectivity index (χ1n) is 13.3. The fourth-order valence-corrected chi connectivity index (χ4v) is 3.92. The zero-order valence-electron chi connectivity index (χ0n) is 22.8. The highest BCUT2D eigenvalue weighted by Gasteiger charge is 2.16. The van der Waals surface area contributed by atoms with E-state index in [4.69, 9.17) is 11.6 Å². The van der Waals surface area contributed by atoms with E-state index in [2.05, 4.69) is 25.5 Å². The Morgan fingerprint density at radius 3 is 2.88 bits per heavy atom. The minimum absolute atomic E-state index is 0.0848. The van der Waals surface area contributed by atoms with Crippen molar-refractivity contribution in [3.8, 4) is 17.0 Å². The van der Waals surface area contributed by atoms with E-state index in [0.29, 0.717) is 35.2 Å². The van der Waals surface area contributed by atoms with Crippen LogP contribution in [0.4, 0.5) is 5.69 Å². The number of fused-ring (bicyclic) bond motifs is 1. The van der Waals surface area contributed by atoms with Crippen LogP contribution in [0.15, 0.2) is 55.0 Å². The van der Waals surface area contributed by atoms with Crippen LogP contribution in [0.25, 0.3) is 22.0 Å². The molecule has 8 nitrogen and oxygen atoms in total. The van der Waals surface area contributed by atoms with Crippen LogP contribution >= 0.6 is 0 Å². The Hall–Kier alpha value is -3.78. The van der Waals surface area contributed by atoms with Gasteiger partial charge in [-0.2, -0.15) is 5.10 Å². The third-order valence-corrected chi connectivity index (χ3v) is 5.59. The highest BCUT2D eigenvalue weighted by Crippen LogP contribution is 2.27. The number of pyridine rings is 2. The smallest absolute Gasteiger partial charge is 0.276 e. The lowest BCUT2D eigenvalue weighted by Crippen LogP contribution is -2.29. The summed E-state index contributed by atoms with van der Waals surface area (Å²) in [4.78, 5) is 23.1. The summed E-state index contributed by atoms with van der Waals surface area (Å²) in [6.45, 7) is -0.213. The van der Waals surface area contributed by atoms with Crippen LogP contribution in [0.3, 0.4) is 0 Å². The van der Waals surface area contributed by atoms with Gasteiger partial charge in [-0.1, -0.05) is 12.5 Å². The van der Waals surface area contributed by atoms with Crippen LogP contribution in [0, 0.1) is 0 Å². The average molecular weight is 448 g/mol. The van der Waals surface area contributed by atoms with Crippen molar-refractivity contribution >= 4 is 22.5 Å². The van der Waals surface area contributed by atoms with Crippen LogP contribution in [0.2, 0.25) is 0 Å². The van der Waals surface area contributed by atoms with Gasteiger partial charge in [-0.15, -0.1) is 0 Å². The second-order valence-corrected chi connectivity index (χ2v) is 7.90. The highest BCUT2D eigenvalue weighted by molar-refractivity contribution is 6.11. The number of aromatic amines is 1. The standard InChI is InChI=1S/C25H26N6O2/c1-33-23-8-6-20(15-27-23)28-25(32)24-21-12-18(5-7-22(21)29-30-24)19-11-17(13-26-14-19)16-31-9-3-2-4-10-31/h5-8,11-15H,2-4,9-10,16H2,1H3,(H,28,32)(H,29,30)/i1D3,16D2. The van der Waals surface area contributed by atoms with Gasteiger partial charge in [0.1, 0.15) is 0 Å². The number of carbonyl (C=O) groups excluding carboxylic acids is 1. The molecule has 1 aromatic carbocycles. The van der Waals surface area contributed by atoms with Crippen LogP contribution < -0.4 is 10.1 Å². The predicted octanol–water partition coefficient (Wildman–Crippen LogP) is 4.27. The number of likely N-dealkylation sites (tertiary alicyclic amines) is 1. The number of nitrogens with one attached hydrogen (secondary N) is 2. The van der Waals surface area contributed by atoms with Gasteiger partial charge in [0, 0.05) is 38.6 Å². The van der Waals surface area contributed by atoms with E-state index in [1.165, 1.54) is 18.3 Å². The molecule has 8 heteroatoms. The van der Waals surface area contributed by atoms with Gasteiger partial charge in [0.15, 0.2) is 5.69 Å². The molecule has 1 fully saturated rings. The van der Waals surface area contributed by atoms with Gasteiger partial charge in [-0.25, -0.2) is 4.98 Å². The van der Waals surface area contributed by atoms with Gasteiger partial charge in [-0.05, 0) is 61.3 Å². The van der Waals surface area contributed by atoms with Crippen molar-refractivity contribution in [1.82, 2.24) is 25.1 Å². The van der Waals surface area contributed by atoms with Gasteiger partial charge in [-0.3, -0.25) is 19.8 Å². The van der Waals surface area contributed by atoms with E-state index in [0.717, 1.165) is 30.4 Å². The van der Waals surface area contributed by atoms with Crippen LogP contribution in [0.1, 0.15) is 42.2 Å². The molecule has 0 bridgehead atoms. The maximum absolute atomic E-state index is 13.0. The Bertz CT molecular complexity index is 1450. The number of amides is 1. The molecular weight excluding hydrogens is 416 g/mol. The van der Waals surface area contributed by atoms with Gasteiger partial charge in [0.05, 0.1) is 28.6 Å². The number of hydrogen-bond donors (Lipinski definition) is 2. The Balaban J connectivity index is 1.38. The number of ether oxygens (including phenoxy) is 1. The van der Waals surface area contributed by atoms with E-state index < -0.39 is 19.4 Å². The van der Waals surface area contributed by atoms with Gasteiger partial charge in [0.25, 0.3) is 5.91 Å². The van der Waals surface area contributed by atoms with E-state index in [1.54, 1.807) is 18.5 Å². The molecule has 33 heavy (non-hydrogen) atoms. The number of H-pyrrole nitrogens is 1. The molecule has 4 aromatic rings. The third kappa shape index (κ3) is 4.70. The fourth-order valence-electron chi connectivity index (χ4n) is 3.92. The molecule has 2 N–H and O–H groups in total. The molecule has 0 spiro atoms. The van der Waals surface area contributed by atoms with Crippen molar-refractivity contribution in [2.45, 2.75) is 25.8 Å². The topological polar surface area (TPSA) is 96.0 Å². The van der Waals surface area contributed by atoms with Crippen molar-refractivity contribution in [3.05, 3.63) is 66.2 Å². The predicted molar refractivity (Wildman–Crippen MR) is 127 cm³/mol. The Labute approximate surface area is 199 Å². The van der Waals surface area contributed by atoms with Gasteiger partial charge < -0.3 is 10.1 Å². The number of nitrogens with zero attached hydrogens (tertiary/aromatic N) is 4. The lowest BCUT2D eigenvalue weighted by molar-refractivity contribution is 0.102. The number of methoxy groups -OCH3 is 1. The van der Waals surface area contributed by atoms with Crippen molar-refractivity contribution in [3.63, 3.8) is 0 Å². The number of rotatable bonds is 6. The number of hydrogen-bond acceptors (Lipinski definition) is 6. The number of aromatic nitrogens is 4. The maximum Gasteiger partial charge on any atom is 0.276 e. The lowest BCUT2D eigenvalue weighted by Gasteiger charge is -2.26. The summed E-state index contributed by atoms with van der Waals surface area (Å²) in [7, 11) is -2.62. The molecule has 0 atom stereocenters. The highest BCUT2D eigenvalue weighted by atomic mass is 16.5. The molecule has 1 aliphatic heterocycles. The molecule has 1 saturated heterocycles. The van der Waals surface area contributed by atoms with Crippen LogP contribution in [0.5, 0.6) is 5.88 Å². The monoisotopic (exact) mass is 447 g/mol. The van der Waals surface area contributed by atoms with E-state index in [1.807, 2.05) is 23.1 Å². The number of carbonyl (C=O) groups is 1. The zero-order valence-corrected chi connectivity index (χ0v) is 17.8. The first-order chi connectivity index (χ1) is 18.1. The quantitative estimate of drug-likeness (QED) is 0.458. The normalized spacial score (nSPS) is 17.4. The van der Waals surface area contributed by atoms with Crippen molar-refractivity contribution in [2.75, 3.05) is 25.4 Å². The second kappa shape index (κ2) is 9.38. The molecule has 0 radical (unpaired) electrons. The minimum Gasteiger partial charge on any atom is -0.481 e. The average Bonchev–Trinajstić information content (AvgIpc) is 3.33. The summed E-state index contributed by atoms with van der Waals surface area (Å²) in [5.41, 5.74) is 3.15.